The molecule has 2 rings (SSSR count). The molecular weight excluding hydrogens is 238 g/mol. The van der Waals surface area contributed by atoms with Crippen molar-refractivity contribution in [3.63, 3.8) is 0 Å². The summed E-state index contributed by atoms with van der Waals surface area (Å²) in [4.78, 5) is 0. The molecule has 2 N–H and O–H groups in total. The van der Waals surface area contributed by atoms with Crippen LogP contribution in [-0.2, 0) is 4.74 Å². The van der Waals surface area contributed by atoms with Crippen LogP contribution in [-0.4, -0.2) is 30.9 Å². The summed E-state index contributed by atoms with van der Waals surface area (Å²) in [5, 5.41) is 13.6. The summed E-state index contributed by atoms with van der Waals surface area (Å²) < 4.78 is 5.32. The normalized spacial score (nSPS) is 18.7. The molecule has 0 spiro atoms. The average molecular weight is 263 g/mol. The molecule has 1 aliphatic heterocycles. The van der Waals surface area contributed by atoms with Crippen molar-refractivity contribution in [3.8, 4) is 0 Å². The van der Waals surface area contributed by atoms with Crippen LogP contribution in [0.4, 0.5) is 0 Å². The minimum absolute atomic E-state index is 0.427. The van der Waals surface area contributed by atoms with E-state index in [1.807, 2.05) is 12.1 Å². The number of benzene rings is 1. The van der Waals surface area contributed by atoms with E-state index in [4.69, 9.17) is 4.74 Å². The minimum Gasteiger partial charge on any atom is -0.387 e. The lowest BCUT2D eigenvalue weighted by molar-refractivity contribution is 0.0724. The topological polar surface area (TPSA) is 41.5 Å². The van der Waals surface area contributed by atoms with Gasteiger partial charge in [0, 0.05) is 25.8 Å². The fraction of sp³-hybridized carbons (Fsp3) is 0.625. The van der Waals surface area contributed by atoms with Crippen LogP contribution < -0.4 is 5.32 Å². The van der Waals surface area contributed by atoms with Gasteiger partial charge in [-0.25, -0.2) is 0 Å². The Balaban J connectivity index is 1.83. The van der Waals surface area contributed by atoms with Gasteiger partial charge in [0.2, 0.25) is 0 Å². The molecule has 1 unspecified atom stereocenters. The third-order valence-electron chi connectivity index (χ3n) is 3.81. The molecule has 1 aliphatic rings. The highest BCUT2D eigenvalue weighted by Crippen LogP contribution is 2.18. The van der Waals surface area contributed by atoms with Crippen LogP contribution in [0.15, 0.2) is 24.3 Å². The van der Waals surface area contributed by atoms with Gasteiger partial charge in [-0.2, -0.15) is 0 Å². The van der Waals surface area contributed by atoms with E-state index in [0.717, 1.165) is 31.6 Å². The molecule has 3 heteroatoms. The third-order valence-corrected chi connectivity index (χ3v) is 3.81. The highest BCUT2D eigenvalue weighted by atomic mass is 16.5. The fourth-order valence-electron chi connectivity index (χ4n) is 2.40. The maximum Gasteiger partial charge on any atom is 0.0914 e. The number of rotatable bonds is 5. The van der Waals surface area contributed by atoms with Gasteiger partial charge in [-0.15, -0.1) is 0 Å². The Morgan fingerprint density at radius 1 is 1.16 bits per heavy atom. The molecule has 1 aromatic carbocycles. The first-order chi connectivity index (χ1) is 9.16. The predicted molar refractivity (Wildman–Crippen MR) is 77.3 cm³/mol. The smallest absolute Gasteiger partial charge is 0.0914 e. The zero-order chi connectivity index (χ0) is 13.7. The summed E-state index contributed by atoms with van der Waals surface area (Å²) in [7, 11) is 0. The summed E-state index contributed by atoms with van der Waals surface area (Å²) in [5.41, 5.74) is 2.30. The molecule has 0 radical (unpaired) electrons. The molecule has 0 aromatic heterocycles. The second kappa shape index (κ2) is 7.04. The Morgan fingerprint density at radius 2 is 1.74 bits per heavy atom. The summed E-state index contributed by atoms with van der Waals surface area (Å²) in [5.74, 6) is 0.534. The number of aliphatic hydroxyl groups excluding tert-OH is 1. The number of hydrogen-bond donors (Lipinski definition) is 2. The number of ether oxygens (including phenoxy) is 1. The Morgan fingerprint density at radius 3 is 2.32 bits per heavy atom. The van der Waals surface area contributed by atoms with Crippen LogP contribution in [0.1, 0.15) is 49.8 Å². The van der Waals surface area contributed by atoms with Crippen molar-refractivity contribution < 1.29 is 9.84 Å². The van der Waals surface area contributed by atoms with Crippen molar-refractivity contribution in [1.82, 2.24) is 5.32 Å². The standard InChI is InChI=1S/C16H25NO2/c1-12(2)13-3-5-14(6-4-13)16(18)11-17-15-7-9-19-10-8-15/h3-6,12,15-18H,7-11H2,1-2H3. The minimum atomic E-state index is -0.427. The molecule has 1 fully saturated rings. The molecule has 1 atom stereocenters. The van der Waals surface area contributed by atoms with Gasteiger partial charge in [-0.05, 0) is 29.9 Å². The molecule has 1 aromatic rings. The Bertz CT molecular complexity index is 369. The van der Waals surface area contributed by atoms with E-state index >= 15 is 0 Å². The number of aliphatic hydroxyl groups is 1. The molecule has 1 saturated heterocycles. The first-order valence-corrected chi connectivity index (χ1v) is 7.26. The van der Waals surface area contributed by atoms with Crippen LogP contribution in [0.2, 0.25) is 0 Å². The van der Waals surface area contributed by atoms with Crippen LogP contribution in [0, 0.1) is 0 Å². The van der Waals surface area contributed by atoms with Crippen molar-refractivity contribution in [2.75, 3.05) is 19.8 Å². The van der Waals surface area contributed by atoms with E-state index in [9.17, 15) is 5.11 Å². The van der Waals surface area contributed by atoms with Gasteiger partial charge in [0.25, 0.3) is 0 Å². The monoisotopic (exact) mass is 263 g/mol. The number of nitrogens with one attached hydrogen (secondary N) is 1. The van der Waals surface area contributed by atoms with Gasteiger partial charge in [0.15, 0.2) is 0 Å². The number of hydrogen-bond acceptors (Lipinski definition) is 3. The highest BCUT2D eigenvalue weighted by molar-refractivity contribution is 5.26. The molecule has 106 valence electrons. The lowest BCUT2D eigenvalue weighted by Crippen LogP contribution is -2.37. The zero-order valence-electron chi connectivity index (χ0n) is 11.9. The van der Waals surface area contributed by atoms with Gasteiger partial charge >= 0.3 is 0 Å². The molecule has 0 amide bonds. The van der Waals surface area contributed by atoms with Gasteiger partial charge in [-0.3, -0.25) is 0 Å². The van der Waals surface area contributed by atoms with Crippen LogP contribution in [0.25, 0.3) is 0 Å². The molecule has 0 bridgehead atoms. The zero-order valence-corrected chi connectivity index (χ0v) is 11.9. The van der Waals surface area contributed by atoms with E-state index in [1.54, 1.807) is 0 Å². The van der Waals surface area contributed by atoms with E-state index in [0.29, 0.717) is 18.5 Å². The Kier molecular flexibility index (Phi) is 5.37. The second-order valence-corrected chi connectivity index (χ2v) is 5.63. The molecular formula is C16H25NO2. The highest BCUT2D eigenvalue weighted by Gasteiger charge is 2.15. The van der Waals surface area contributed by atoms with Gasteiger partial charge in [0.1, 0.15) is 0 Å². The second-order valence-electron chi connectivity index (χ2n) is 5.63. The first-order valence-electron chi connectivity index (χ1n) is 7.26. The molecule has 0 saturated carbocycles. The maximum atomic E-state index is 10.2. The summed E-state index contributed by atoms with van der Waals surface area (Å²) >= 11 is 0. The Hall–Kier alpha value is -0.900. The largest absolute Gasteiger partial charge is 0.387 e. The maximum absolute atomic E-state index is 10.2. The molecule has 1 heterocycles. The van der Waals surface area contributed by atoms with Crippen LogP contribution in [0.3, 0.4) is 0 Å². The predicted octanol–water partition coefficient (Wildman–Crippen LogP) is 2.61. The SMILES string of the molecule is CC(C)c1ccc(C(O)CNC2CCOCC2)cc1. The lowest BCUT2D eigenvalue weighted by Gasteiger charge is -2.24. The lowest BCUT2D eigenvalue weighted by atomic mass is 10.00. The fourth-order valence-corrected chi connectivity index (χ4v) is 2.40. The van der Waals surface area contributed by atoms with Crippen LogP contribution in [0.5, 0.6) is 0 Å². The van der Waals surface area contributed by atoms with E-state index < -0.39 is 6.10 Å². The third kappa shape index (κ3) is 4.30. The summed E-state index contributed by atoms with van der Waals surface area (Å²) in [6, 6.07) is 8.77. The van der Waals surface area contributed by atoms with Gasteiger partial charge in [-0.1, -0.05) is 38.1 Å². The summed E-state index contributed by atoms with van der Waals surface area (Å²) in [6.07, 6.45) is 1.65. The van der Waals surface area contributed by atoms with Crippen molar-refractivity contribution in [3.05, 3.63) is 35.4 Å². The molecule has 3 nitrogen and oxygen atoms in total. The average Bonchev–Trinajstić information content (AvgIpc) is 2.46. The molecule has 19 heavy (non-hydrogen) atoms. The van der Waals surface area contributed by atoms with Crippen molar-refractivity contribution in [1.29, 1.82) is 0 Å². The molecule has 0 aliphatic carbocycles. The quantitative estimate of drug-likeness (QED) is 0.858. The van der Waals surface area contributed by atoms with Gasteiger partial charge in [0.05, 0.1) is 6.10 Å². The van der Waals surface area contributed by atoms with Crippen molar-refractivity contribution in [2.45, 2.75) is 44.8 Å². The van der Waals surface area contributed by atoms with Crippen LogP contribution >= 0.6 is 0 Å². The van der Waals surface area contributed by atoms with Crippen molar-refractivity contribution in [2.24, 2.45) is 0 Å². The van der Waals surface area contributed by atoms with E-state index in [-0.39, 0.29) is 0 Å². The first kappa shape index (κ1) is 14.5. The summed E-state index contributed by atoms with van der Waals surface area (Å²) in [6.45, 7) is 6.63. The van der Waals surface area contributed by atoms with E-state index in [2.05, 4.69) is 31.3 Å². The van der Waals surface area contributed by atoms with Crippen molar-refractivity contribution >= 4 is 0 Å². The Labute approximate surface area is 116 Å². The van der Waals surface area contributed by atoms with E-state index in [1.165, 1.54) is 5.56 Å². The van der Waals surface area contributed by atoms with Gasteiger partial charge < -0.3 is 15.2 Å².